The molecule has 4 rings (SSSR count). The summed E-state index contributed by atoms with van der Waals surface area (Å²) in [5.41, 5.74) is 2.35. The van der Waals surface area contributed by atoms with Gasteiger partial charge in [-0.15, -0.1) is 0 Å². The molecule has 24 heavy (non-hydrogen) atoms. The fourth-order valence-corrected chi connectivity index (χ4v) is 3.23. The second-order valence-corrected chi connectivity index (χ2v) is 5.99. The van der Waals surface area contributed by atoms with Crippen molar-refractivity contribution in [1.29, 1.82) is 0 Å². The van der Waals surface area contributed by atoms with E-state index in [1.807, 2.05) is 36.4 Å². The maximum Gasteiger partial charge on any atom is 0.339 e. The Labute approximate surface area is 139 Å². The molecule has 0 radical (unpaired) electrons. The number of para-hydroxylation sites is 1. The summed E-state index contributed by atoms with van der Waals surface area (Å²) in [6, 6.07) is 14.8. The molecule has 0 saturated carbocycles. The molecule has 0 aromatic heterocycles. The van der Waals surface area contributed by atoms with E-state index in [9.17, 15) is 9.59 Å². The Balaban J connectivity index is 1.51. The van der Waals surface area contributed by atoms with Crippen LogP contribution >= 0.6 is 0 Å². The first-order valence-electron chi connectivity index (χ1n) is 8.03. The molecule has 2 aromatic carbocycles. The summed E-state index contributed by atoms with van der Waals surface area (Å²) in [4.78, 5) is 24.7. The number of benzene rings is 2. The number of hydrogen-bond donors (Lipinski definition) is 1. The Bertz CT molecular complexity index is 801. The van der Waals surface area contributed by atoms with Gasteiger partial charge >= 0.3 is 5.97 Å². The van der Waals surface area contributed by atoms with E-state index >= 15 is 0 Å². The molecule has 1 amide bonds. The molecule has 0 bridgehead atoms. The summed E-state index contributed by atoms with van der Waals surface area (Å²) in [6.45, 7) is 0.551. The molecule has 2 aromatic rings. The van der Waals surface area contributed by atoms with Gasteiger partial charge in [-0.25, -0.2) is 4.79 Å². The zero-order valence-corrected chi connectivity index (χ0v) is 13.0. The van der Waals surface area contributed by atoms with Crippen molar-refractivity contribution in [2.24, 2.45) is 0 Å². The maximum atomic E-state index is 12.6. The first kappa shape index (κ1) is 14.8. The molecule has 5 heteroatoms. The van der Waals surface area contributed by atoms with Crippen LogP contribution in [0.4, 0.5) is 0 Å². The smallest absolute Gasteiger partial charge is 0.339 e. The summed E-state index contributed by atoms with van der Waals surface area (Å²) in [5.74, 6) is 0.0870. The number of carbonyl (C=O) groups excluding carboxylic acids is 2. The van der Waals surface area contributed by atoms with Gasteiger partial charge in [-0.1, -0.05) is 36.4 Å². The Hall–Kier alpha value is -2.82. The largest absolute Gasteiger partial charge is 0.493 e. The third-order valence-electron chi connectivity index (χ3n) is 4.46. The summed E-state index contributed by atoms with van der Waals surface area (Å²) >= 11 is 0. The van der Waals surface area contributed by atoms with Gasteiger partial charge in [0.1, 0.15) is 5.75 Å². The number of ether oxygens (including phenoxy) is 2. The van der Waals surface area contributed by atoms with Crippen LogP contribution in [0.25, 0.3) is 0 Å². The van der Waals surface area contributed by atoms with Crippen molar-refractivity contribution in [3.05, 3.63) is 65.2 Å². The van der Waals surface area contributed by atoms with E-state index in [0.29, 0.717) is 25.0 Å². The fraction of sp³-hybridized carbons (Fsp3) is 0.263. The average molecular weight is 323 g/mol. The van der Waals surface area contributed by atoms with Crippen molar-refractivity contribution in [1.82, 2.24) is 5.32 Å². The third kappa shape index (κ3) is 2.62. The van der Waals surface area contributed by atoms with Gasteiger partial charge in [0.05, 0.1) is 18.2 Å². The Morgan fingerprint density at radius 1 is 1.08 bits per heavy atom. The minimum absolute atomic E-state index is 0.127. The number of fused-ring (bicyclic) bond motifs is 2. The van der Waals surface area contributed by atoms with E-state index in [0.717, 1.165) is 16.9 Å². The van der Waals surface area contributed by atoms with E-state index in [-0.39, 0.29) is 11.9 Å². The number of nitrogens with one attached hydrogen (secondary N) is 1. The second-order valence-electron chi connectivity index (χ2n) is 5.99. The summed E-state index contributed by atoms with van der Waals surface area (Å²) in [6.07, 6.45) is 0.306. The highest BCUT2D eigenvalue weighted by atomic mass is 16.5. The van der Waals surface area contributed by atoms with E-state index < -0.39 is 12.1 Å². The molecular formula is C19H17NO4. The molecular weight excluding hydrogens is 306 g/mol. The summed E-state index contributed by atoms with van der Waals surface area (Å²) in [5, 5.41) is 3.00. The van der Waals surface area contributed by atoms with Crippen molar-refractivity contribution in [3.8, 4) is 5.75 Å². The number of esters is 1. The molecule has 2 atom stereocenters. The maximum absolute atomic E-state index is 12.6. The zero-order chi connectivity index (χ0) is 16.5. The number of amides is 1. The average Bonchev–Trinajstić information content (AvgIpc) is 2.62. The van der Waals surface area contributed by atoms with E-state index in [1.54, 1.807) is 12.1 Å². The Morgan fingerprint density at radius 3 is 2.79 bits per heavy atom. The second kappa shape index (κ2) is 6.00. The van der Waals surface area contributed by atoms with Gasteiger partial charge < -0.3 is 14.8 Å². The highest BCUT2D eigenvalue weighted by molar-refractivity contribution is 5.95. The quantitative estimate of drug-likeness (QED) is 0.862. The number of rotatable bonds is 2. The molecule has 5 nitrogen and oxygen atoms in total. The highest BCUT2D eigenvalue weighted by Crippen LogP contribution is 2.32. The van der Waals surface area contributed by atoms with Crippen molar-refractivity contribution < 1.29 is 19.1 Å². The predicted octanol–water partition coefficient (Wildman–Crippen LogP) is 2.41. The SMILES string of the molecule is O=C1OC(C(=O)NC2CCOc3ccccc32)Cc2ccccc21. The lowest BCUT2D eigenvalue weighted by atomic mass is 9.97. The minimum atomic E-state index is -0.789. The summed E-state index contributed by atoms with van der Waals surface area (Å²) in [7, 11) is 0. The van der Waals surface area contributed by atoms with Crippen LogP contribution in [0.15, 0.2) is 48.5 Å². The highest BCUT2D eigenvalue weighted by Gasteiger charge is 2.33. The Kier molecular flexibility index (Phi) is 3.69. The van der Waals surface area contributed by atoms with Crippen LogP contribution in [-0.2, 0) is 16.0 Å². The molecule has 2 aliphatic rings. The summed E-state index contributed by atoms with van der Waals surface area (Å²) < 4.78 is 10.9. The van der Waals surface area contributed by atoms with E-state index in [2.05, 4.69) is 5.32 Å². The number of cyclic esters (lactones) is 1. The Morgan fingerprint density at radius 2 is 1.88 bits per heavy atom. The number of hydrogen-bond acceptors (Lipinski definition) is 4. The minimum Gasteiger partial charge on any atom is -0.493 e. The first-order chi connectivity index (χ1) is 11.7. The zero-order valence-electron chi connectivity index (χ0n) is 13.0. The predicted molar refractivity (Wildman–Crippen MR) is 86.8 cm³/mol. The van der Waals surface area contributed by atoms with Crippen molar-refractivity contribution in [2.45, 2.75) is 25.0 Å². The number of carbonyl (C=O) groups is 2. The normalized spacial score (nSPS) is 21.8. The van der Waals surface area contributed by atoms with Gasteiger partial charge in [0, 0.05) is 18.4 Å². The first-order valence-corrected chi connectivity index (χ1v) is 8.03. The lowest BCUT2D eigenvalue weighted by Gasteiger charge is -2.29. The van der Waals surface area contributed by atoms with Crippen LogP contribution in [-0.4, -0.2) is 24.6 Å². The standard InChI is InChI=1S/C19H17NO4/c21-18(17-11-12-5-1-2-6-13(12)19(22)24-17)20-15-9-10-23-16-8-4-3-7-14(15)16/h1-8,15,17H,9-11H2,(H,20,21). The topological polar surface area (TPSA) is 64.6 Å². The van der Waals surface area contributed by atoms with Crippen LogP contribution in [0.2, 0.25) is 0 Å². The molecule has 0 aliphatic carbocycles. The van der Waals surface area contributed by atoms with E-state index in [1.165, 1.54) is 0 Å². The van der Waals surface area contributed by atoms with Crippen LogP contribution in [0.5, 0.6) is 5.75 Å². The molecule has 2 heterocycles. The van der Waals surface area contributed by atoms with Crippen molar-refractivity contribution in [2.75, 3.05) is 6.61 Å². The van der Waals surface area contributed by atoms with Gasteiger partial charge in [0.25, 0.3) is 5.91 Å². The van der Waals surface area contributed by atoms with Gasteiger partial charge in [-0.3, -0.25) is 4.79 Å². The van der Waals surface area contributed by atoms with E-state index in [4.69, 9.17) is 9.47 Å². The lowest BCUT2D eigenvalue weighted by Crippen LogP contribution is -2.44. The monoisotopic (exact) mass is 323 g/mol. The van der Waals surface area contributed by atoms with Crippen LogP contribution < -0.4 is 10.1 Å². The molecule has 2 aliphatic heterocycles. The molecule has 1 N–H and O–H groups in total. The van der Waals surface area contributed by atoms with Crippen molar-refractivity contribution in [3.63, 3.8) is 0 Å². The molecule has 0 spiro atoms. The van der Waals surface area contributed by atoms with Gasteiger partial charge in [-0.05, 0) is 17.7 Å². The van der Waals surface area contributed by atoms with Gasteiger partial charge in [0.2, 0.25) is 0 Å². The fourth-order valence-electron chi connectivity index (χ4n) is 3.23. The van der Waals surface area contributed by atoms with Crippen LogP contribution in [0, 0.1) is 0 Å². The van der Waals surface area contributed by atoms with Crippen molar-refractivity contribution >= 4 is 11.9 Å². The van der Waals surface area contributed by atoms with Gasteiger partial charge in [-0.2, -0.15) is 0 Å². The molecule has 0 fully saturated rings. The molecule has 2 unspecified atom stereocenters. The van der Waals surface area contributed by atoms with Gasteiger partial charge in [0.15, 0.2) is 6.10 Å². The van der Waals surface area contributed by atoms with Crippen LogP contribution in [0.3, 0.4) is 0 Å². The third-order valence-corrected chi connectivity index (χ3v) is 4.46. The lowest BCUT2D eigenvalue weighted by molar-refractivity contribution is -0.131. The molecule has 0 saturated heterocycles. The van der Waals surface area contributed by atoms with Crippen LogP contribution in [0.1, 0.15) is 33.9 Å². The molecule has 122 valence electrons.